The van der Waals surface area contributed by atoms with Gasteiger partial charge in [0.1, 0.15) is 5.15 Å². The van der Waals surface area contributed by atoms with Crippen LogP contribution in [0.3, 0.4) is 0 Å². The zero-order chi connectivity index (χ0) is 14.1. The summed E-state index contributed by atoms with van der Waals surface area (Å²) < 4.78 is 0. The second-order valence-electron chi connectivity index (χ2n) is 4.35. The number of aromatic nitrogens is 1. The molecule has 0 unspecified atom stereocenters. The number of nitriles is 1. The van der Waals surface area contributed by atoms with Gasteiger partial charge in [0.15, 0.2) is 0 Å². The van der Waals surface area contributed by atoms with Crippen molar-refractivity contribution in [1.82, 2.24) is 4.98 Å². The van der Waals surface area contributed by atoms with Crippen molar-refractivity contribution >= 4 is 34.0 Å². The van der Waals surface area contributed by atoms with Crippen molar-refractivity contribution in [1.29, 1.82) is 5.26 Å². The summed E-state index contributed by atoms with van der Waals surface area (Å²) in [6, 6.07) is 15.4. The predicted molar refractivity (Wildman–Crippen MR) is 81.9 cm³/mol. The Bertz CT molecular complexity index is 851. The van der Waals surface area contributed by atoms with Gasteiger partial charge in [-0.05, 0) is 29.3 Å². The number of benzene rings is 2. The van der Waals surface area contributed by atoms with Gasteiger partial charge in [-0.25, -0.2) is 4.98 Å². The van der Waals surface area contributed by atoms with Crippen LogP contribution >= 0.6 is 23.2 Å². The lowest BCUT2D eigenvalue weighted by Crippen LogP contribution is -1.84. The molecule has 2 aromatic carbocycles. The molecule has 0 saturated carbocycles. The number of nitrogens with zero attached hydrogens (tertiary/aromatic N) is 2. The van der Waals surface area contributed by atoms with Crippen LogP contribution in [0.25, 0.3) is 21.9 Å². The molecule has 1 heterocycles. The molecule has 4 heteroatoms. The molecule has 1 aromatic heterocycles. The van der Waals surface area contributed by atoms with Crippen molar-refractivity contribution in [2.45, 2.75) is 0 Å². The molecule has 0 aliphatic carbocycles. The van der Waals surface area contributed by atoms with Crippen molar-refractivity contribution < 1.29 is 0 Å². The Balaban J connectivity index is 2.23. The van der Waals surface area contributed by atoms with Crippen molar-refractivity contribution in [2.75, 3.05) is 0 Å². The lowest BCUT2D eigenvalue weighted by atomic mass is 10.0. The number of pyridine rings is 1. The molecule has 3 aromatic rings. The van der Waals surface area contributed by atoms with Crippen LogP contribution in [0.4, 0.5) is 0 Å². The number of halogens is 2. The Morgan fingerprint density at radius 2 is 1.75 bits per heavy atom. The van der Waals surface area contributed by atoms with Gasteiger partial charge in [0.25, 0.3) is 0 Å². The maximum Gasteiger partial charge on any atom is 0.136 e. The zero-order valence-electron chi connectivity index (χ0n) is 10.3. The molecular weight excluding hydrogens is 291 g/mol. The lowest BCUT2D eigenvalue weighted by Gasteiger charge is -2.06. The first-order valence-corrected chi connectivity index (χ1v) is 6.69. The Labute approximate surface area is 126 Å². The van der Waals surface area contributed by atoms with Crippen LogP contribution < -0.4 is 0 Å². The van der Waals surface area contributed by atoms with Gasteiger partial charge in [-0.15, -0.1) is 0 Å². The second-order valence-corrected chi connectivity index (χ2v) is 5.12. The molecule has 3 rings (SSSR count). The van der Waals surface area contributed by atoms with Crippen molar-refractivity contribution in [3.63, 3.8) is 0 Å². The lowest BCUT2D eigenvalue weighted by molar-refractivity contribution is 1.36. The van der Waals surface area contributed by atoms with E-state index in [1.165, 1.54) is 0 Å². The highest BCUT2D eigenvalue weighted by Gasteiger charge is 2.07. The average Bonchev–Trinajstić information content (AvgIpc) is 2.51. The topological polar surface area (TPSA) is 36.7 Å². The first-order chi connectivity index (χ1) is 9.69. The monoisotopic (exact) mass is 298 g/mol. The largest absolute Gasteiger partial charge is 0.242 e. The second kappa shape index (κ2) is 5.13. The molecule has 0 bridgehead atoms. The summed E-state index contributed by atoms with van der Waals surface area (Å²) in [5.41, 5.74) is 2.56. The quantitative estimate of drug-likeness (QED) is 0.587. The van der Waals surface area contributed by atoms with Gasteiger partial charge in [0.05, 0.1) is 16.7 Å². The fourth-order valence-corrected chi connectivity index (χ4v) is 2.54. The predicted octanol–water partition coefficient (Wildman–Crippen LogP) is 5.08. The average molecular weight is 299 g/mol. The molecule has 0 aliphatic rings. The molecule has 0 aliphatic heterocycles. The Hall–Kier alpha value is -2.08. The third kappa shape index (κ3) is 2.22. The first kappa shape index (κ1) is 12.9. The van der Waals surface area contributed by atoms with E-state index in [4.69, 9.17) is 28.5 Å². The van der Waals surface area contributed by atoms with Crippen LogP contribution in [0.1, 0.15) is 5.56 Å². The fourth-order valence-electron chi connectivity index (χ4n) is 2.12. The van der Waals surface area contributed by atoms with E-state index >= 15 is 0 Å². The number of rotatable bonds is 1. The molecule has 0 saturated heterocycles. The molecule has 0 N–H and O–H groups in total. The molecule has 0 spiro atoms. The maximum atomic E-state index is 8.96. The van der Waals surface area contributed by atoms with Gasteiger partial charge < -0.3 is 0 Å². The number of hydrogen-bond donors (Lipinski definition) is 0. The molecule has 0 fully saturated rings. The van der Waals surface area contributed by atoms with Crippen LogP contribution in [-0.2, 0) is 0 Å². The summed E-state index contributed by atoms with van der Waals surface area (Å²) in [5.74, 6) is 0. The number of fused-ring (bicyclic) bond motifs is 1. The highest BCUT2D eigenvalue weighted by Crippen LogP contribution is 2.31. The van der Waals surface area contributed by atoms with Crippen molar-refractivity contribution in [2.24, 2.45) is 0 Å². The van der Waals surface area contributed by atoms with Gasteiger partial charge in [0.2, 0.25) is 0 Å². The Morgan fingerprint density at radius 1 is 0.950 bits per heavy atom. The summed E-state index contributed by atoms with van der Waals surface area (Å²) in [6.45, 7) is 0. The van der Waals surface area contributed by atoms with Gasteiger partial charge in [-0.2, -0.15) is 5.26 Å². The summed E-state index contributed by atoms with van der Waals surface area (Å²) >= 11 is 12.2. The van der Waals surface area contributed by atoms with Crippen LogP contribution in [-0.4, -0.2) is 4.98 Å². The number of hydrogen-bond acceptors (Lipinski definition) is 2. The third-order valence-corrected chi connectivity index (χ3v) is 3.72. The molecule has 96 valence electrons. The van der Waals surface area contributed by atoms with Crippen LogP contribution in [0.15, 0.2) is 48.7 Å². The summed E-state index contributed by atoms with van der Waals surface area (Å²) in [5, 5.41) is 11.6. The van der Waals surface area contributed by atoms with E-state index in [2.05, 4.69) is 11.1 Å². The molecule has 20 heavy (non-hydrogen) atoms. The standard InChI is InChI=1S/C16H8Cl2N2/c17-15-9-20-16(18)14-7-12(4-5-13(14)15)11-3-1-2-10(6-11)8-19/h1-7,9H. The van der Waals surface area contributed by atoms with Gasteiger partial charge in [-0.3, -0.25) is 0 Å². The minimum Gasteiger partial charge on any atom is -0.242 e. The van der Waals surface area contributed by atoms with Gasteiger partial charge in [0, 0.05) is 17.0 Å². The minimum atomic E-state index is 0.419. The van der Waals surface area contributed by atoms with Crippen LogP contribution in [0, 0.1) is 11.3 Å². The molecule has 0 atom stereocenters. The smallest absolute Gasteiger partial charge is 0.136 e. The van der Waals surface area contributed by atoms with E-state index in [1.54, 1.807) is 12.3 Å². The SMILES string of the molecule is N#Cc1cccc(-c2ccc3c(Cl)cnc(Cl)c3c2)c1. The zero-order valence-corrected chi connectivity index (χ0v) is 11.8. The van der Waals surface area contributed by atoms with Gasteiger partial charge in [-0.1, -0.05) is 47.5 Å². The van der Waals surface area contributed by atoms with E-state index in [0.717, 1.165) is 21.9 Å². The highest BCUT2D eigenvalue weighted by atomic mass is 35.5. The maximum absolute atomic E-state index is 8.96. The highest BCUT2D eigenvalue weighted by molar-refractivity contribution is 6.39. The molecule has 0 amide bonds. The summed E-state index contributed by atoms with van der Waals surface area (Å²) in [4.78, 5) is 4.06. The Morgan fingerprint density at radius 3 is 2.55 bits per heavy atom. The van der Waals surface area contributed by atoms with Gasteiger partial charge >= 0.3 is 0 Å². The molecular formula is C16H8Cl2N2. The fraction of sp³-hybridized carbons (Fsp3) is 0. The normalized spacial score (nSPS) is 10.4. The first-order valence-electron chi connectivity index (χ1n) is 5.93. The van der Waals surface area contributed by atoms with E-state index in [1.807, 2.05) is 36.4 Å². The molecule has 0 radical (unpaired) electrons. The van der Waals surface area contributed by atoms with E-state index in [-0.39, 0.29) is 0 Å². The minimum absolute atomic E-state index is 0.419. The third-order valence-electron chi connectivity index (χ3n) is 3.12. The van der Waals surface area contributed by atoms with E-state index < -0.39 is 0 Å². The summed E-state index contributed by atoms with van der Waals surface area (Å²) in [7, 11) is 0. The van der Waals surface area contributed by atoms with Crippen molar-refractivity contribution in [3.8, 4) is 17.2 Å². The molecule has 2 nitrogen and oxygen atoms in total. The van der Waals surface area contributed by atoms with E-state index in [9.17, 15) is 0 Å². The van der Waals surface area contributed by atoms with Crippen molar-refractivity contribution in [3.05, 3.63) is 64.4 Å². The summed E-state index contributed by atoms with van der Waals surface area (Å²) in [6.07, 6.45) is 1.54. The Kier molecular flexibility index (Phi) is 3.31. The van der Waals surface area contributed by atoms with Crippen LogP contribution in [0.5, 0.6) is 0 Å². The van der Waals surface area contributed by atoms with Crippen LogP contribution in [0.2, 0.25) is 10.2 Å². The van der Waals surface area contributed by atoms with E-state index in [0.29, 0.717) is 15.7 Å².